The molecular formula is C4H12N2O2S. The minimum absolute atomic E-state index is 0.278. The van der Waals surface area contributed by atoms with E-state index in [1.165, 1.54) is 0 Å². The lowest BCUT2D eigenvalue weighted by Gasteiger charge is -1.97. The van der Waals surface area contributed by atoms with E-state index in [9.17, 15) is 4.21 Å². The maximum Gasteiger partial charge on any atom is 0.154 e. The molecule has 4 nitrogen and oxygen atoms in total. The second kappa shape index (κ2) is 6.15. The fraction of sp³-hybridized carbons (Fsp3) is 1.00. The molecule has 0 rings (SSSR count). The number of hydrogen-bond donors (Lipinski definition) is 3. The van der Waals surface area contributed by atoms with Crippen molar-refractivity contribution in [3.05, 3.63) is 0 Å². The van der Waals surface area contributed by atoms with E-state index >= 15 is 0 Å². The van der Waals surface area contributed by atoms with Crippen molar-refractivity contribution in [3.63, 3.8) is 0 Å². The van der Waals surface area contributed by atoms with Gasteiger partial charge in [0.2, 0.25) is 0 Å². The Balaban J connectivity index is 2.83. The van der Waals surface area contributed by atoms with Gasteiger partial charge in [-0.05, 0) is 0 Å². The standard InChI is InChI=1S/C4H12N2O2S/c5-1-2-6-3-4-9(7)8/h6H,1-5H2,(H,7,8). The topological polar surface area (TPSA) is 75.3 Å². The summed E-state index contributed by atoms with van der Waals surface area (Å²) in [5.74, 6) is 0.278. The van der Waals surface area contributed by atoms with E-state index in [1.807, 2.05) is 0 Å². The molecule has 56 valence electrons. The van der Waals surface area contributed by atoms with Gasteiger partial charge in [-0.2, -0.15) is 0 Å². The molecule has 0 saturated carbocycles. The highest BCUT2D eigenvalue weighted by atomic mass is 32.2. The van der Waals surface area contributed by atoms with Crippen LogP contribution in [-0.4, -0.2) is 34.1 Å². The summed E-state index contributed by atoms with van der Waals surface area (Å²) >= 11 is -1.67. The lowest BCUT2D eigenvalue weighted by Crippen LogP contribution is -2.26. The number of nitrogens with two attached hydrogens (primary N) is 1. The molecule has 9 heavy (non-hydrogen) atoms. The van der Waals surface area contributed by atoms with Crippen LogP contribution in [-0.2, 0) is 11.1 Å². The Morgan fingerprint density at radius 1 is 1.56 bits per heavy atom. The number of rotatable bonds is 5. The predicted molar refractivity (Wildman–Crippen MR) is 37.6 cm³/mol. The summed E-state index contributed by atoms with van der Waals surface area (Å²) in [6.45, 7) is 1.83. The molecule has 0 spiro atoms. The fourth-order valence-corrected chi connectivity index (χ4v) is 0.705. The molecule has 0 aliphatic rings. The second-order valence-corrected chi connectivity index (χ2v) is 2.62. The third kappa shape index (κ3) is 8.03. The Morgan fingerprint density at radius 2 is 2.22 bits per heavy atom. The van der Waals surface area contributed by atoms with E-state index < -0.39 is 11.1 Å². The second-order valence-electron chi connectivity index (χ2n) is 1.56. The Bertz CT molecular complexity index is 88.6. The third-order valence-corrected chi connectivity index (χ3v) is 1.33. The molecule has 0 aromatic carbocycles. The van der Waals surface area contributed by atoms with Crippen molar-refractivity contribution in [2.24, 2.45) is 5.73 Å². The van der Waals surface area contributed by atoms with Gasteiger partial charge in [0, 0.05) is 19.6 Å². The van der Waals surface area contributed by atoms with Crippen LogP contribution in [0.3, 0.4) is 0 Å². The summed E-state index contributed by atoms with van der Waals surface area (Å²) < 4.78 is 18.3. The molecule has 0 saturated heterocycles. The van der Waals surface area contributed by atoms with Gasteiger partial charge in [0.15, 0.2) is 11.1 Å². The molecule has 0 aromatic heterocycles. The molecule has 0 aromatic rings. The molecular weight excluding hydrogens is 140 g/mol. The molecule has 0 aliphatic heterocycles. The molecule has 5 heteroatoms. The van der Waals surface area contributed by atoms with Crippen molar-refractivity contribution < 1.29 is 8.76 Å². The van der Waals surface area contributed by atoms with Gasteiger partial charge in [-0.1, -0.05) is 0 Å². The average Bonchev–Trinajstić information content (AvgIpc) is 1.80. The zero-order chi connectivity index (χ0) is 7.11. The minimum atomic E-state index is -1.67. The van der Waals surface area contributed by atoms with Crippen molar-refractivity contribution >= 4 is 11.1 Å². The SMILES string of the molecule is NCCNCCS(=O)O. The normalized spacial score (nSPS) is 13.6. The highest BCUT2D eigenvalue weighted by Crippen LogP contribution is 1.68. The summed E-state index contributed by atoms with van der Waals surface area (Å²) in [5.41, 5.74) is 5.14. The number of hydrogen-bond acceptors (Lipinski definition) is 3. The highest BCUT2D eigenvalue weighted by molar-refractivity contribution is 7.79. The van der Waals surface area contributed by atoms with Crippen LogP contribution in [0, 0.1) is 0 Å². The van der Waals surface area contributed by atoms with Crippen LogP contribution < -0.4 is 11.1 Å². The first-order valence-corrected chi connectivity index (χ1v) is 4.03. The maximum atomic E-state index is 10.0. The van der Waals surface area contributed by atoms with E-state index in [-0.39, 0.29) is 5.75 Å². The van der Waals surface area contributed by atoms with Gasteiger partial charge >= 0.3 is 0 Å². The smallest absolute Gasteiger partial charge is 0.154 e. The first-order chi connectivity index (χ1) is 4.27. The third-order valence-electron chi connectivity index (χ3n) is 0.775. The zero-order valence-electron chi connectivity index (χ0n) is 5.17. The van der Waals surface area contributed by atoms with Crippen LogP contribution in [0.25, 0.3) is 0 Å². The van der Waals surface area contributed by atoms with Crippen LogP contribution in [0.2, 0.25) is 0 Å². The number of nitrogens with one attached hydrogen (secondary N) is 1. The minimum Gasteiger partial charge on any atom is -0.329 e. The molecule has 0 fully saturated rings. The van der Waals surface area contributed by atoms with Crippen LogP contribution in [0.1, 0.15) is 0 Å². The van der Waals surface area contributed by atoms with Gasteiger partial charge in [0.25, 0.3) is 0 Å². The predicted octanol–water partition coefficient (Wildman–Crippen LogP) is -1.24. The summed E-state index contributed by atoms with van der Waals surface area (Å²) in [6, 6.07) is 0. The van der Waals surface area contributed by atoms with Gasteiger partial charge < -0.3 is 15.6 Å². The van der Waals surface area contributed by atoms with Gasteiger partial charge in [-0.15, -0.1) is 0 Å². The fourth-order valence-electron chi connectivity index (χ4n) is 0.387. The molecule has 4 N–H and O–H groups in total. The summed E-state index contributed by atoms with van der Waals surface area (Å²) in [5, 5.41) is 2.89. The average molecular weight is 152 g/mol. The Labute approximate surface area is 57.1 Å². The summed E-state index contributed by atoms with van der Waals surface area (Å²) in [7, 11) is 0. The van der Waals surface area contributed by atoms with E-state index in [0.717, 1.165) is 0 Å². The first kappa shape index (κ1) is 9.03. The van der Waals surface area contributed by atoms with Crippen molar-refractivity contribution in [2.75, 3.05) is 25.4 Å². The molecule has 0 amide bonds. The highest BCUT2D eigenvalue weighted by Gasteiger charge is 1.89. The first-order valence-electron chi connectivity index (χ1n) is 2.75. The monoisotopic (exact) mass is 152 g/mol. The van der Waals surface area contributed by atoms with Crippen molar-refractivity contribution in [1.29, 1.82) is 0 Å². The zero-order valence-corrected chi connectivity index (χ0v) is 5.99. The van der Waals surface area contributed by atoms with Crippen LogP contribution in [0.4, 0.5) is 0 Å². The van der Waals surface area contributed by atoms with Crippen LogP contribution in [0.15, 0.2) is 0 Å². The lowest BCUT2D eigenvalue weighted by molar-refractivity contribution is 0.560. The molecule has 1 atom stereocenters. The van der Waals surface area contributed by atoms with Crippen LogP contribution in [0.5, 0.6) is 0 Å². The van der Waals surface area contributed by atoms with E-state index in [0.29, 0.717) is 19.6 Å². The van der Waals surface area contributed by atoms with Crippen LogP contribution >= 0.6 is 0 Å². The molecule has 0 heterocycles. The molecule has 1 unspecified atom stereocenters. The molecule has 0 bridgehead atoms. The molecule has 0 aliphatic carbocycles. The Morgan fingerprint density at radius 3 is 2.67 bits per heavy atom. The van der Waals surface area contributed by atoms with Crippen molar-refractivity contribution in [3.8, 4) is 0 Å². The Hall–Kier alpha value is 0.0300. The quantitative estimate of drug-likeness (QED) is 0.340. The summed E-state index contributed by atoms with van der Waals surface area (Å²) in [6.07, 6.45) is 0. The van der Waals surface area contributed by atoms with Gasteiger partial charge in [0.1, 0.15) is 0 Å². The maximum absolute atomic E-state index is 10.0. The van der Waals surface area contributed by atoms with Gasteiger partial charge in [0.05, 0.1) is 5.75 Å². The van der Waals surface area contributed by atoms with Crippen molar-refractivity contribution in [1.82, 2.24) is 5.32 Å². The largest absolute Gasteiger partial charge is 0.329 e. The lowest BCUT2D eigenvalue weighted by atomic mass is 10.6. The van der Waals surface area contributed by atoms with Crippen molar-refractivity contribution in [2.45, 2.75) is 0 Å². The van der Waals surface area contributed by atoms with E-state index in [1.54, 1.807) is 0 Å². The summed E-state index contributed by atoms with van der Waals surface area (Å²) in [4.78, 5) is 0. The van der Waals surface area contributed by atoms with Gasteiger partial charge in [-0.25, -0.2) is 4.21 Å². The van der Waals surface area contributed by atoms with E-state index in [4.69, 9.17) is 10.3 Å². The van der Waals surface area contributed by atoms with Gasteiger partial charge in [-0.3, -0.25) is 0 Å². The van der Waals surface area contributed by atoms with E-state index in [2.05, 4.69) is 5.32 Å². The molecule has 0 radical (unpaired) electrons. The Kier molecular flexibility index (Phi) is 6.18.